The number of H-pyrrole nitrogens is 1. The number of benzene rings is 2. The summed E-state index contributed by atoms with van der Waals surface area (Å²) in [6, 6.07) is 12.1. The van der Waals surface area contributed by atoms with Gasteiger partial charge in [-0.05, 0) is 54.1 Å². The average molecular weight is 322 g/mol. The predicted octanol–water partition coefficient (Wildman–Crippen LogP) is 4.79. The van der Waals surface area contributed by atoms with E-state index in [2.05, 4.69) is 36.7 Å². The van der Waals surface area contributed by atoms with Crippen LogP contribution >= 0.6 is 11.8 Å². The Hall–Kier alpha value is -2.46. The van der Waals surface area contributed by atoms with Crippen LogP contribution in [0.1, 0.15) is 21.6 Å². The molecule has 1 aromatic heterocycles. The van der Waals surface area contributed by atoms with Crippen LogP contribution in [0.2, 0.25) is 0 Å². The molecule has 0 bridgehead atoms. The van der Waals surface area contributed by atoms with Crippen molar-refractivity contribution < 1.29 is 4.79 Å². The van der Waals surface area contributed by atoms with E-state index < -0.39 is 5.91 Å². The van der Waals surface area contributed by atoms with Crippen molar-refractivity contribution in [3.63, 3.8) is 0 Å². The second-order valence-electron chi connectivity index (χ2n) is 5.46. The molecule has 0 atom stereocenters. The number of aryl methyl sites for hydroxylation is 2. The molecule has 3 N–H and O–H groups in total. The topological polar surface area (TPSA) is 58.9 Å². The number of carbonyl (C=O) groups excluding carboxylic acids is 1. The molecule has 4 heteroatoms. The Bertz CT molecular complexity index is 925. The Balaban J connectivity index is 2.30. The highest BCUT2D eigenvalue weighted by Gasteiger charge is 2.16. The zero-order valence-electron chi connectivity index (χ0n) is 13.1. The van der Waals surface area contributed by atoms with Crippen molar-refractivity contribution in [2.75, 3.05) is 0 Å². The number of fused-ring (bicyclic) bond motifs is 1. The summed E-state index contributed by atoms with van der Waals surface area (Å²) in [5.41, 5.74) is 11.2. The Morgan fingerprint density at radius 1 is 1.26 bits per heavy atom. The first-order valence-corrected chi connectivity index (χ1v) is 8.20. The first-order valence-electron chi connectivity index (χ1n) is 7.32. The Morgan fingerprint density at radius 3 is 2.74 bits per heavy atom. The number of hydrogen-bond donors (Lipinski definition) is 2. The van der Waals surface area contributed by atoms with Crippen LogP contribution in [0.25, 0.3) is 22.0 Å². The number of nitrogens with one attached hydrogen (secondary N) is 1. The third-order valence-electron chi connectivity index (χ3n) is 4.09. The van der Waals surface area contributed by atoms with Gasteiger partial charge in [0.15, 0.2) is 0 Å². The predicted molar refractivity (Wildman–Crippen MR) is 97.8 cm³/mol. The fourth-order valence-corrected chi connectivity index (χ4v) is 3.41. The van der Waals surface area contributed by atoms with Gasteiger partial charge in [-0.1, -0.05) is 36.5 Å². The zero-order chi connectivity index (χ0) is 16.6. The fourth-order valence-electron chi connectivity index (χ4n) is 2.87. The van der Waals surface area contributed by atoms with E-state index in [0.717, 1.165) is 38.2 Å². The fraction of sp³-hybridized carbons (Fsp3) is 0.105. The van der Waals surface area contributed by atoms with Crippen molar-refractivity contribution in [2.45, 2.75) is 18.7 Å². The van der Waals surface area contributed by atoms with E-state index in [4.69, 9.17) is 5.73 Å². The lowest BCUT2D eigenvalue weighted by Gasteiger charge is -2.09. The summed E-state index contributed by atoms with van der Waals surface area (Å²) in [5, 5.41) is 2.87. The molecule has 3 nitrogen and oxygen atoms in total. The number of primary amides is 1. The van der Waals surface area contributed by atoms with E-state index in [1.165, 1.54) is 0 Å². The molecule has 116 valence electrons. The summed E-state index contributed by atoms with van der Waals surface area (Å²) in [5.74, 6) is -0.418. The number of rotatable bonds is 4. The van der Waals surface area contributed by atoms with Crippen LogP contribution in [-0.4, -0.2) is 10.9 Å². The number of nitrogens with two attached hydrogens (primary N) is 1. The minimum absolute atomic E-state index is 0.418. The van der Waals surface area contributed by atoms with Crippen LogP contribution in [-0.2, 0) is 0 Å². The van der Waals surface area contributed by atoms with Crippen molar-refractivity contribution >= 4 is 28.6 Å². The van der Waals surface area contributed by atoms with Gasteiger partial charge in [-0.2, -0.15) is 0 Å². The highest BCUT2D eigenvalue weighted by molar-refractivity contribution is 8.02. The Kier molecular flexibility index (Phi) is 4.01. The van der Waals surface area contributed by atoms with Crippen LogP contribution in [0.3, 0.4) is 0 Å². The standard InChI is InChI=1S/C19H18N2OS/c1-4-23-14-7-5-6-13(10-14)15-8-9-16(19(20)22)18-17(15)11(2)12(3)21-18/h4-10,21H,1H2,2-3H3,(H2,20,22). The molecule has 1 heterocycles. The minimum atomic E-state index is -0.418. The zero-order valence-corrected chi connectivity index (χ0v) is 14.0. The van der Waals surface area contributed by atoms with Gasteiger partial charge in [-0.3, -0.25) is 4.79 Å². The highest BCUT2D eigenvalue weighted by atomic mass is 32.2. The number of amides is 1. The molecule has 0 aliphatic carbocycles. The SMILES string of the molecule is C=CSc1cccc(-c2ccc(C(N)=O)c3[nH]c(C)c(C)c23)c1. The molecule has 0 fully saturated rings. The first-order chi connectivity index (χ1) is 11.0. The van der Waals surface area contributed by atoms with Crippen LogP contribution in [0.4, 0.5) is 0 Å². The quantitative estimate of drug-likeness (QED) is 0.679. The van der Waals surface area contributed by atoms with E-state index in [-0.39, 0.29) is 0 Å². The average Bonchev–Trinajstić information content (AvgIpc) is 2.82. The number of carbonyl (C=O) groups is 1. The summed E-state index contributed by atoms with van der Waals surface area (Å²) in [6.45, 7) is 7.83. The number of aromatic nitrogens is 1. The lowest BCUT2D eigenvalue weighted by atomic mass is 9.96. The number of aromatic amines is 1. The van der Waals surface area contributed by atoms with Gasteiger partial charge in [0.1, 0.15) is 0 Å². The van der Waals surface area contributed by atoms with Gasteiger partial charge in [-0.25, -0.2) is 0 Å². The van der Waals surface area contributed by atoms with Crippen LogP contribution < -0.4 is 5.73 Å². The Labute approximate surface area is 139 Å². The van der Waals surface area contributed by atoms with Crippen molar-refractivity contribution in [3.8, 4) is 11.1 Å². The molecule has 3 rings (SSSR count). The molecule has 1 amide bonds. The second kappa shape index (κ2) is 5.97. The van der Waals surface area contributed by atoms with Crippen molar-refractivity contribution in [1.82, 2.24) is 4.98 Å². The summed E-state index contributed by atoms with van der Waals surface area (Å²) >= 11 is 1.59. The molecule has 3 aromatic rings. The first kappa shape index (κ1) is 15.4. The van der Waals surface area contributed by atoms with Crippen molar-refractivity contribution in [3.05, 3.63) is 65.2 Å². The molecule has 23 heavy (non-hydrogen) atoms. The molecule has 0 aliphatic heterocycles. The van der Waals surface area contributed by atoms with Gasteiger partial charge in [0.05, 0.1) is 11.1 Å². The van der Waals surface area contributed by atoms with Gasteiger partial charge >= 0.3 is 0 Å². The maximum Gasteiger partial charge on any atom is 0.250 e. The Morgan fingerprint density at radius 2 is 2.04 bits per heavy atom. The van der Waals surface area contributed by atoms with Crippen molar-refractivity contribution in [2.24, 2.45) is 5.73 Å². The van der Waals surface area contributed by atoms with E-state index >= 15 is 0 Å². The highest BCUT2D eigenvalue weighted by Crippen LogP contribution is 2.35. The molecule has 0 saturated carbocycles. The number of hydrogen-bond acceptors (Lipinski definition) is 2. The minimum Gasteiger partial charge on any atom is -0.366 e. The summed E-state index contributed by atoms with van der Waals surface area (Å²) in [6.07, 6.45) is 0. The van der Waals surface area contributed by atoms with Gasteiger partial charge in [0.2, 0.25) is 0 Å². The number of thioether (sulfide) groups is 1. The second-order valence-corrected chi connectivity index (χ2v) is 6.50. The maximum absolute atomic E-state index is 11.7. The monoisotopic (exact) mass is 322 g/mol. The lowest BCUT2D eigenvalue weighted by Crippen LogP contribution is -2.11. The van der Waals surface area contributed by atoms with Gasteiger partial charge < -0.3 is 10.7 Å². The van der Waals surface area contributed by atoms with E-state index in [0.29, 0.717) is 5.56 Å². The molecule has 0 radical (unpaired) electrons. The van der Waals surface area contributed by atoms with Gasteiger partial charge in [0, 0.05) is 16.0 Å². The van der Waals surface area contributed by atoms with Crippen molar-refractivity contribution in [1.29, 1.82) is 0 Å². The largest absolute Gasteiger partial charge is 0.366 e. The third-order valence-corrected chi connectivity index (χ3v) is 4.78. The summed E-state index contributed by atoms with van der Waals surface area (Å²) in [4.78, 5) is 16.1. The van der Waals surface area contributed by atoms with Crippen LogP contribution in [0.5, 0.6) is 0 Å². The van der Waals surface area contributed by atoms with E-state index in [9.17, 15) is 4.79 Å². The van der Waals surface area contributed by atoms with Crippen LogP contribution in [0, 0.1) is 13.8 Å². The molecule has 2 aromatic carbocycles. The van der Waals surface area contributed by atoms with Gasteiger partial charge in [-0.15, -0.1) is 0 Å². The molecular formula is C19H18N2OS. The molecular weight excluding hydrogens is 304 g/mol. The summed E-state index contributed by atoms with van der Waals surface area (Å²) < 4.78 is 0. The molecule has 0 spiro atoms. The molecule has 0 unspecified atom stereocenters. The molecule has 0 aliphatic rings. The summed E-state index contributed by atoms with van der Waals surface area (Å²) in [7, 11) is 0. The maximum atomic E-state index is 11.7. The lowest BCUT2D eigenvalue weighted by molar-refractivity contribution is 0.100. The van der Waals surface area contributed by atoms with Crippen LogP contribution in [0.15, 0.2) is 53.3 Å². The third kappa shape index (κ3) is 2.66. The smallest absolute Gasteiger partial charge is 0.250 e. The normalized spacial score (nSPS) is 10.9. The van der Waals surface area contributed by atoms with Gasteiger partial charge in [0.25, 0.3) is 5.91 Å². The molecule has 0 saturated heterocycles. The van der Waals surface area contributed by atoms with E-state index in [1.54, 1.807) is 17.8 Å². The van der Waals surface area contributed by atoms with E-state index in [1.807, 2.05) is 24.5 Å².